The predicted octanol–water partition coefficient (Wildman–Crippen LogP) is -2.14. The number of carbonyl (C=O) groups is 15. The van der Waals surface area contributed by atoms with E-state index in [2.05, 4.69) is 58.5 Å². The lowest BCUT2D eigenvalue weighted by atomic mass is 9.96. The van der Waals surface area contributed by atoms with Crippen LogP contribution in [0.4, 0.5) is 0 Å². The summed E-state index contributed by atoms with van der Waals surface area (Å²) in [7, 11) is 0. The molecule has 22 N–H and O–H groups in total. The number of benzene rings is 2. The molecule has 13 amide bonds. The molecule has 3 heterocycles. The van der Waals surface area contributed by atoms with Gasteiger partial charge in [-0.3, -0.25) is 72.5 Å². The second-order valence-electron chi connectivity index (χ2n) is 28.6. The third-order valence-electron chi connectivity index (χ3n) is 18.9. The summed E-state index contributed by atoms with van der Waals surface area (Å²) in [5.74, 6) is -15.3. The summed E-state index contributed by atoms with van der Waals surface area (Å²) in [4.78, 5) is 210. The van der Waals surface area contributed by atoms with Gasteiger partial charge in [-0.1, -0.05) is 72.2 Å². The van der Waals surface area contributed by atoms with Crippen LogP contribution in [0.25, 0.3) is 0 Å². The number of nitrogens with zero attached hydrogens (tertiary/aromatic N) is 2. The number of carboxylic acids is 2. The number of amides is 13. The van der Waals surface area contributed by atoms with Crippen LogP contribution in [0.5, 0.6) is 11.5 Å². The highest BCUT2D eigenvalue weighted by atomic mass is 16.4. The third kappa shape index (κ3) is 28.2. The quantitative estimate of drug-likeness (QED) is 0.0191. The van der Waals surface area contributed by atoms with Crippen LogP contribution in [0.15, 0.2) is 48.5 Å². The molecule has 0 spiro atoms. The highest BCUT2D eigenvalue weighted by Gasteiger charge is 2.44. The van der Waals surface area contributed by atoms with Crippen molar-refractivity contribution in [3.63, 3.8) is 0 Å². The van der Waals surface area contributed by atoms with Gasteiger partial charge in [0.1, 0.15) is 84.0 Å². The largest absolute Gasteiger partial charge is 0.508 e. The molecule has 2 aromatic carbocycles. The number of unbranched alkanes of at least 4 members (excludes halogenated alkanes) is 1. The molecule has 36 nitrogen and oxygen atoms in total. The van der Waals surface area contributed by atoms with Gasteiger partial charge in [-0.05, 0) is 143 Å². The molecule has 2 aromatic rings. The van der Waals surface area contributed by atoms with E-state index in [0.29, 0.717) is 24.0 Å². The molecular formula is C72H109N17O19. The third-order valence-corrected chi connectivity index (χ3v) is 18.9. The fraction of sp³-hybridized carbons (Fsp3) is 0.611. The van der Waals surface area contributed by atoms with Crippen molar-refractivity contribution in [2.75, 3.05) is 26.2 Å². The second kappa shape index (κ2) is 43.2. The van der Waals surface area contributed by atoms with Crippen molar-refractivity contribution in [2.45, 2.75) is 236 Å². The van der Waals surface area contributed by atoms with Crippen LogP contribution in [0, 0.1) is 23.2 Å². The minimum Gasteiger partial charge on any atom is -0.508 e. The molecule has 3 aliphatic rings. The van der Waals surface area contributed by atoms with Crippen LogP contribution in [0.3, 0.4) is 0 Å². The number of guanidine groups is 1. The average molecular weight is 1520 g/mol. The van der Waals surface area contributed by atoms with Crippen molar-refractivity contribution in [1.82, 2.24) is 68.3 Å². The summed E-state index contributed by atoms with van der Waals surface area (Å²) >= 11 is 0. The Labute approximate surface area is 626 Å². The number of aromatic hydroxyl groups is 2. The Morgan fingerprint density at radius 2 is 0.981 bits per heavy atom. The minimum absolute atomic E-state index is 0.00383. The lowest BCUT2D eigenvalue weighted by Gasteiger charge is -2.33. The number of primary amides is 1. The number of nitrogens with one attached hydrogen (secondary N) is 12. The van der Waals surface area contributed by atoms with E-state index in [0.717, 1.165) is 0 Å². The zero-order valence-electron chi connectivity index (χ0n) is 62.1. The number of hydrogen-bond donors (Lipinski definition) is 19. The Hall–Kier alpha value is -10.7. The van der Waals surface area contributed by atoms with Gasteiger partial charge in [-0.15, -0.1) is 0 Å². The van der Waals surface area contributed by atoms with Crippen molar-refractivity contribution >= 4 is 94.7 Å². The van der Waals surface area contributed by atoms with Crippen LogP contribution < -0.4 is 75.7 Å². The lowest BCUT2D eigenvalue weighted by molar-refractivity contribution is -0.145. The van der Waals surface area contributed by atoms with Crippen LogP contribution in [0.1, 0.15) is 162 Å². The lowest BCUT2D eigenvalue weighted by Crippen LogP contribution is -2.61. The Bertz CT molecular complexity index is 3510. The number of carbonyl (C=O) groups excluding carboxylic acids is 13. The maximum absolute atomic E-state index is 15.0. The maximum atomic E-state index is 15.0. The smallest absolute Gasteiger partial charge is 0.326 e. The molecule has 0 unspecified atom stereocenters. The summed E-state index contributed by atoms with van der Waals surface area (Å²) in [6.07, 6.45) is -0.871. The number of phenolic OH excluding ortho intramolecular Hbond substituents is 2. The molecule has 36 heteroatoms. The van der Waals surface area contributed by atoms with E-state index in [1.165, 1.54) is 58.3 Å². The summed E-state index contributed by atoms with van der Waals surface area (Å²) < 4.78 is 0. The average Bonchev–Trinajstić information content (AvgIpc) is 1.63. The molecule has 0 aliphatic carbocycles. The van der Waals surface area contributed by atoms with E-state index in [-0.39, 0.29) is 151 Å². The SMILES string of the molecule is CC[C@H](C)[C@H](NC(=O)[C@H](Cc1ccc(O)cc1)NC(=O)[C@@H]1CCCN1C(=O)[C@H](CCCNC(=N)N)NC(=O)[C@@H]1CCCN1C(=O)[C@H](CCCCN)NC(=O)[C@H](CC(N)=O)NC(=O)[C@H](CCC(=O)O)NC(=O)[C@H](Cc1ccc(O)cc1)NC(=O)[C@H](CC(C)C)NC(=O)[C@@H]1CCC(=O)N1)C(=O)N[C@@H](CC(C)C)C(=O)O. The van der Waals surface area contributed by atoms with Gasteiger partial charge in [-0.2, -0.15) is 0 Å². The number of nitrogens with two attached hydrogens (primary N) is 3. The highest BCUT2D eigenvalue weighted by Crippen LogP contribution is 2.25. The first-order valence-corrected chi connectivity index (χ1v) is 36.8. The fourth-order valence-electron chi connectivity index (χ4n) is 13.0. The van der Waals surface area contributed by atoms with Gasteiger partial charge in [0, 0.05) is 45.3 Å². The Kier molecular flexibility index (Phi) is 35.2. The Morgan fingerprint density at radius 1 is 0.537 bits per heavy atom. The van der Waals surface area contributed by atoms with Crippen molar-refractivity contribution < 1.29 is 92.3 Å². The highest BCUT2D eigenvalue weighted by molar-refractivity contribution is 6.01. The molecule has 5 rings (SSSR count). The molecule has 596 valence electrons. The van der Waals surface area contributed by atoms with Gasteiger partial charge >= 0.3 is 11.9 Å². The van der Waals surface area contributed by atoms with Gasteiger partial charge < -0.3 is 106 Å². The van der Waals surface area contributed by atoms with Crippen molar-refractivity contribution in [3.8, 4) is 11.5 Å². The zero-order chi connectivity index (χ0) is 80.1. The van der Waals surface area contributed by atoms with Crippen molar-refractivity contribution in [1.29, 1.82) is 5.41 Å². The first-order valence-electron chi connectivity index (χ1n) is 36.8. The molecule has 3 saturated heterocycles. The minimum atomic E-state index is -1.91. The molecule has 0 radical (unpaired) electrons. The first kappa shape index (κ1) is 88.0. The second-order valence-corrected chi connectivity index (χ2v) is 28.6. The van der Waals surface area contributed by atoms with E-state index in [1.54, 1.807) is 41.5 Å². The van der Waals surface area contributed by atoms with Gasteiger partial charge in [0.05, 0.1) is 6.42 Å². The molecule has 0 bridgehead atoms. The molecular weight excluding hydrogens is 1410 g/mol. The molecule has 3 aliphatic heterocycles. The molecule has 0 aromatic heterocycles. The number of phenols is 2. The van der Waals surface area contributed by atoms with Gasteiger partial charge in [0.2, 0.25) is 76.8 Å². The van der Waals surface area contributed by atoms with E-state index in [1.807, 2.05) is 0 Å². The predicted molar refractivity (Wildman–Crippen MR) is 390 cm³/mol. The molecule has 0 saturated carbocycles. The van der Waals surface area contributed by atoms with Crippen molar-refractivity contribution in [2.24, 2.45) is 35.0 Å². The van der Waals surface area contributed by atoms with Gasteiger partial charge in [0.25, 0.3) is 0 Å². The Morgan fingerprint density at radius 3 is 1.47 bits per heavy atom. The number of hydrogen-bond acceptors (Lipinski definition) is 19. The number of aliphatic carboxylic acids is 2. The van der Waals surface area contributed by atoms with E-state index in [4.69, 9.17) is 22.6 Å². The van der Waals surface area contributed by atoms with Crippen LogP contribution in [-0.2, 0) is 84.8 Å². The van der Waals surface area contributed by atoms with E-state index in [9.17, 15) is 87.5 Å². The number of likely N-dealkylation sites (tertiary alicyclic amines) is 2. The molecule has 108 heavy (non-hydrogen) atoms. The molecule has 13 atom stereocenters. The zero-order valence-corrected chi connectivity index (χ0v) is 62.1. The van der Waals surface area contributed by atoms with E-state index < -0.39 is 181 Å². The standard InChI is InChI=1S/C72H109N17O19/c1-7-40(6)59(68(104)86-53(71(107)108)34-39(4)5)87-65(101)51(36-42-19-23-44(91)24-20-42)85-67(103)55-16-12-32-89(55)70(106)48(14-10-30-77-72(75)76)81-66(102)54-15-11-31-88(54)69(105)47(13-8-9-29-73)80-64(100)52(37-56(74)92)84-61(97)46(26-28-58(94)95)79-63(99)50(35-41-17-21-43(90)22-18-41)83-62(98)49(33-38(2)3)82-60(96)45-25-27-57(93)78-45/h17-24,38-40,45-55,59,90-91H,7-16,25-37,73H2,1-6H3,(H2,74,92)(H,78,93)(H,79,99)(H,80,100)(H,81,102)(H,82,96)(H,83,98)(H,84,97)(H,85,103)(H,86,104)(H,87,101)(H,94,95)(H,107,108)(H4,75,76,77)/t40-,45-,46-,47-,48-,49-,50-,51-,52-,53-,54-,55-,59-/m0/s1. The van der Waals surface area contributed by atoms with Gasteiger partial charge in [-0.25, -0.2) is 4.79 Å². The van der Waals surface area contributed by atoms with E-state index >= 15 is 4.79 Å². The number of carboxylic acid groups (broad SMARTS) is 2. The number of rotatable bonds is 44. The topological polar surface area (TPSA) is 578 Å². The summed E-state index contributed by atoms with van der Waals surface area (Å²) in [6.45, 7) is 10.7. The summed E-state index contributed by atoms with van der Waals surface area (Å²) in [6, 6.07) is -5.51. The van der Waals surface area contributed by atoms with Crippen LogP contribution >= 0.6 is 0 Å². The maximum Gasteiger partial charge on any atom is 0.326 e. The van der Waals surface area contributed by atoms with Crippen LogP contribution in [0.2, 0.25) is 0 Å². The monoisotopic (exact) mass is 1520 g/mol. The Balaban J connectivity index is 1.38. The fourth-order valence-corrected chi connectivity index (χ4v) is 13.0. The normalized spacial score (nSPS) is 18.2. The first-order chi connectivity index (χ1) is 51.1. The molecule has 3 fully saturated rings. The van der Waals surface area contributed by atoms with Crippen molar-refractivity contribution in [3.05, 3.63) is 59.7 Å². The van der Waals surface area contributed by atoms with Crippen LogP contribution in [-0.4, -0.2) is 224 Å². The summed E-state index contributed by atoms with van der Waals surface area (Å²) in [5.41, 5.74) is 17.9. The van der Waals surface area contributed by atoms with Gasteiger partial charge in [0.15, 0.2) is 5.96 Å². The summed E-state index contributed by atoms with van der Waals surface area (Å²) in [5, 5.41) is 76.2.